The Morgan fingerprint density at radius 2 is 2.25 bits per heavy atom. The first-order valence-corrected chi connectivity index (χ1v) is 7.12. The van der Waals surface area contributed by atoms with Crippen LogP contribution in [0.5, 0.6) is 0 Å². The summed E-state index contributed by atoms with van der Waals surface area (Å²) in [6.07, 6.45) is 3.65. The zero-order valence-electron chi connectivity index (χ0n) is 10.9. The molecule has 2 heterocycles. The SMILES string of the molecule is C=CC(=O)NC[C-]=O.CC1OC2[CH-]C1OS(=O)(=O)C2.[U+2]. The largest absolute Gasteiger partial charge is 2.00 e. The Labute approximate surface area is 142 Å². The third kappa shape index (κ3) is 6.50. The van der Waals surface area contributed by atoms with Crippen LogP contribution in [-0.4, -0.2) is 51.2 Å². The number of carbonyl (C=O) groups excluding carboxylic acids is 2. The number of fused-ring (bicyclic) bond motifs is 2. The number of hydrogen-bond donors (Lipinski definition) is 1. The van der Waals surface area contributed by atoms with E-state index in [1.807, 2.05) is 6.92 Å². The molecule has 2 bridgehead atoms. The van der Waals surface area contributed by atoms with E-state index in [2.05, 4.69) is 11.9 Å². The Bertz CT molecular complexity index is 450. The van der Waals surface area contributed by atoms with Crippen molar-refractivity contribution in [2.45, 2.75) is 25.2 Å². The Morgan fingerprint density at radius 1 is 1.60 bits per heavy atom. The minimum absolute atomic E-state index is 0. The van der Waals surface area contributed by atoms with E-state index in [0.717, 1.165) is 6.08 Å². The molecular weight excluding hydrogens is 512 g/mol. The van der Waals surface area contributed by atoms with Crippen molar-refractivity contribution in [1.29, 1.82) is 0 Å². The fourth-order valence-corrected chi connectivity index (χ4v) is 2.81. The van der Waals surface area contributed by atoms with Gasteiger partial charge in [0.05, 0.1) is 11.9 Å². The second-order valence-electron chi connectivity index (χ2n) is 3.92. The van der Waals surface area contributed by atoms with E-state index in [1.54, 1.807) is 6.42 Å². The molecule has 0 spiro atoms. The molecule has 110 valence electrons. The Kier molecular flexibility index (Phi) is 8.86. The summed E-state index contributed by atoms with van der Waals surface area (Å²) in [7, 11) is -3.31. The molecule has 0 aliphatic carbocycles. The van der Waals surface area contributed by atoms with Gasteiger partial charge in [-0.25, -0.2) is 6.29 Å². The first-order valence-electron chi connectivity index (χ1n) is 5.54. The van der Waals surface area contributed by atoms with Gasteiger partial charge in [-0.05, 0) is 25.2 Å². The van der Waals surface area contributed by atoms with E-state index < -0.39 is 10.1 Å². The van der Waals surface area contributed by atoms with Gasteiger partial charge in [-0.3, -0.25) is 15.4 Å². The summed E-state index contributed by atoms with van der Waals surface area (Å²) in [6, 6.07) is 0. The van der Waals surface area contributed by atoms with E-state index in [9.17, 15) is 18.0 Å². The van der Waals surface area contributed by atoms with E-state index in [4.69, 9.17) is 8.92 Å². The molecule has 2 aliphatic heterocycles. The van der Waals surface area contributed by atoms with Gasteiger partial charge in [0.2, 0.25) is 5.91 Å². The van der Waals surface area contributed by atoms with Crippen molar-refractivity contribution < 1.29 is 58.0 Å². The molecule has 9 heteroatoms. The summed E-state index contributed by atoms with van der Waals surface area (Å²) in [4.78, 5) is 19.6. The topological polar surface area (TPSA) is 98.8 Å². The Hall–Kier alpha value is -0.198. The minimum Gasteiger partial charge on any atom is -0.540 e. The summed E-state index contributed by atoms with van der Waals surface area (Å²) < 4.78 is 31.9. The number of ether oxygens (including phenoxy) is 1. The average molecular weight is 527 g/mol. The quantitative estimate of drug-likeness (QED) is 0.291. The van der Waals surface area contributed by atoms with Crippen molar-refractivity contribution in [1.82, 2.24) is 5.32 Å². The summed E-state index contributed by atoms with van der Waals surface area (Å²) in [5, 5.41) is 2.20. The molecule has 0 radical (unpaired) electrons. The van der Waals surface area contributed by atoms with Gasteiger partial charge < -0.3 is 14.8 Å². The zero-order chi connectivity index (χ0) is 14.5. The number of amides is 1. The minimum atomic E-state index is -3.31. The van der Waals surface area contributed by atoms with Crippen LogP contribution in [0.4, 0.5) is 0 Å². The van der Waals surface area contributed by atoms with E-state index in [-0.39, 0.29) is 67.6 Å². The van der Waals surface area contributed by atoms with Crippen LogP contribution < -0.4 is 5.32 Å². The van der Waals surface area contributed by atoms with Gasteiger partial charge >= 0.3 is 31.1 Å². The fraction of sp³-hybridized carbons (Fsp3) is 0.545. The number of hydrogen-bond acceptors (Lipinski definition) is 6. The summed E-state index contributed by atoms with van der Waals surface area (Å²) >= 11 is 0. The molecule has 1 N–H and O–H groups in total. The van der Waals surface area contributed by atoms with Gasteiger partial charge in [0, 0.05) is 0 Å². The van der Waals surface area contributed by atoms with Crippen LogP contribution in [0, 0.1) is 37.5 Å². The Balaban J connectivity index is 0.000000364. The van der Waals surface area contributed by atoms with Crippen LogP contribution in [-0.2, 0) is 28.6 Å². The van der Waals surface area contributed by atoms with Gasteiger partial charge in [0.15, 0.2) is 0 Å². The van der Waals surface area contributed by atoms with Crippen LogP contribution in [0.3, 0.4) is 0 Å². The summed E-state index contributed by atoms with van der Waals surface area (Å²) in [5.74, 6) is -0.387. The molecule has 2 fully saturated rings. The second kappa shape index (κ2) is 8.95. The van der Waals surface area contributed by atoms with Gasteiger partial charge in [0.25, 0.3) is 10.1 Å². The molecule has 2 rings (SSSR count). The predicted molar refractivity (Wildman–Crippen MR) is 66.2 cm³/mol. The fourth-order valence-electron chi connectivity index (χ4n) is 1.58. The molecule has 0 aromatic carbocycles. The van der Waals surface area contributed by atoms with Crippen molar-refractivity contribution in [3.05, 3.63) is 19.1 Å². The normalized spacial score (nSPS) is 29.1. The molecular formula is C11H15NO6SU. The van der Waals surface area contributed by atoms with E-state index >= 15 is 0 Å². The number of carbonyl (C=O) groups is 1. The van der Waals surface area contributed by atoms with Crippen molar-refractivity contribution in [2.24, 2.45) is 0 Å². The van der Waals surface area contributed by atoms with Crippen LogP contribution in [0.1, 0.15) is 6.92 Å². The maximum absolute atomic E-state index is 10.9. The van der Waals surface area contributed by atoms with Gasteiger partial charge in [-0.1, -0.05) is 13.1 Å². The first-order chi connectivity index (χ1) is 8.88. The van der Waals surface area contributed by atoms with Crippen LogP contribution >= 0.6 is 0 Å². The molecule has 0 aromatic heterocycles. The van der Waals surface area contributed by atoms with Crippen LogP contribution in [0.25, 0.3) is 0 Å². The van der Waals surface area contributed by atoms with Gasteiger partial charge in [-0.15, -0.1) is 0 Å². The van der Waals surface area contributed by atoms with Crippen LogP contribution in [0.2, 0.25) is 0 Å². The monoisotopic (exact) mass is 527 g/mol. The smallest absolute Gasteiger partial charge is 0.540 e. The predicted octanol–water partition coefficient (Wildman–Crippen LogP) is -0.895. The molecule has 3 atom stereocenters. The maximum atomic E-state index is 10.9. The molecule has 20 heavy (non-hydrogen) atoms. The molecule has 3 unspecified atom stereocenters. The third-order valence-electron chi connectivity index (χ3n) is 2.40. The molecule has 0 saturated carbocycles. The Morgan fingerprint density at radius 3 is 2.75 bits per heavy atom. The van der Waals surface area contributed by atoms with Crippen LogP contribution in [0.15, 0.2) is 12.7 Å². The molecule has 7 nitrogen and oxygen atoms in total. The zero-order valence-corrected chi connectivity index (χ0v) is 15.8. The maximum Gasteiger partial charge on any atom is 2.00 e. The summed E-state index contributed by atoms with van der Waals surface area (Å²) in [5.41, 5.74) is 0. The number of rotatable bonds is 3. The molecule has 2 saturated heterocycles. The third-order valence-corrected chi connectivity index (χ3v) is 3.65. The van der Waals surface area contributed by atoms with Gasteiger partial charge in [0.1, 0.15) is 0 Å². The van der Waals surface area contributed by atoms with E-state index in [1.165, 1.54) is 6.29 Å². The first kappa shape index (κ1) is 19.8. The molecule has 0 aromatic rings. The number of nitrogens with one attached hydrogen (secondary N) is 1. The van der Waals surface area contributed by atoms with Crippen molar-refractivity contribution >= 4 is 22.3 Å². The standard InChI is InChI=1S/C6H9O4S.C5H6NO2.U/c1-4-6-2-5(9-4)3-11(7,8)10-6;1-2-5(8)6-3-4-7;/h2,4-6H,3H2,1H3;2H,1,3H2,(H,6,8);/q2*-1;+2. The van der Waals surface area contributed by atoms with Crippen molar-refractivity contribution in [3.8, 4) is 0 Å². The molecule has 1 amide bonds. The van der Waals surface area contributed by atoms with Gasteiger partial charge in [-0.2, -0.15) is 8.42 Å². The van der Waals surface area contributed by atoms with Crippen molar-refractivity contribution in [2.75, 3.05) is 12.3 Å². The summed E-state index contributed by atoms with van der Waals surface area (Å²) in [6.45, 7) is 4.91. The van der Waals surface area contributed by atoms with Crippen molar-refractivity contribution in [3.63, 3.8) is 0 Å². The second-order valence-corrected chi connectivity index (χ2v) is 5.56. The van der Waals surface area contributed by atoms with E-state index in [0.29, 0.717) is 0 Å². The molecule has 2 aliphatic rings. The average Bonchev–Trinajstić information content (AvgIpc) is 2.60.